The van der Waals surface area contributed by atoms with Crippen molar-refractivity contribution >= 4 is 28.5 Å². The summed E-state index contributed by atoms with van der Waals surface area (Å²) in [5, 5.41) is 14.7. The van der Waals surface area contributed by atoms with E-state index in [1.807, 2.05) is 20.9 Å². The first kappa shape index (κ1) is 24.2. The first-order valence-electron chi connectivity index (χ1n) is 10.8. The fourth-order valence-electron chi connectivity index (χ4n) is 3.51. The molecule has 0 bridgehead atoms. The van der Waals surface area contributed by atoms with Gasteiger partial charge < -0.3 is 10.6 Å². The molecule has 4 rings (SSSR count). The summed E-state index contributed by atoms with van der Waals surface area (Å²) < 4.78 is 24.8. The van der Waals surface area contributed by atoms with Crippen molar-refractivity contribution in [2.24, 2.45) is 0 Å². The van der Waals surface area contributed by atoms with Gasteiger partial charge in [-0.3, -0.25) is 19.4 Å². The molecular weight excluding hydrogens is 427 g/mol. The molecule has 2 heterocycles. The molecule has 172 valence electrons. The molecule has 2 fully saturated rings. The van der Waals surface area contributed by atoms with E-state index in [4.69, 9.17) is 5.41 Å². The maximum atomic E-state index is 14.3. The highest BCUT2D eigenvalue weighted by molar-refractivity contribution is 7.86. The highest BCUT2D eigenvalue weighted by atomic mass is 32.2. The lowest BCUT2D eigenvalue weighted by Gasteiger charge is -2.36. The van der Waals surface area contributed by atoms with Crippen molar-refractivity contribution in [3.05, 3.63) is 58.7 Å². The van der Waals surface area contributed by atoms with Crippen molar-refractivity contribution in [3.63, 3.8) is 0 Å². The Hall–Kier alpha value is -2.45. The van der Waals surface area contributed by atoms with Crippen molar-refractivity contribution in [3.8, 4) is 0 Å². The van der Waals surface area contributed by atoms with Crippen LogP contribution >= 0.6 is 0 Å². The second kappa shape index (κ2) is 10.0. The molecule has 0 unspecified atom stereocenters. The van der Waals surface area contributed by atoms with Crippen LogP contribution in [-0.4, -0.2) is 51.3 Å². The summed E-state index contributed by atoms with van der Waals surface area (Å²) in [5.41, 5.74) is 2.86. The van der Waals surface area contributed by atoms with E-state index in [0.717, 1.165) is 29.9 Å². The molecule has 1 aliphatic heterocycles. The molecule has 32 heavy (non-hydrogen) atoms. The molecule has 0 amide bonds. The van der Waals surface area contributed by atoms with Crippen molar-refractivity contribution < 1.29 is 13.4 Å². The third kappa shape index (κ3) is 5.86. The Morgan fingerprint density at radius 2 is 2.00 bits per heavy atom. The molecule has 1 saturated heterocycles. The number of nitrogens with zero attached hydrogens (tertiary/aromatic N) is 1. The Morgan fingerprint density at radius 3 is 2.50 bits per heavy atom. The number of hydrogen-bond acceptors (Lipinski definition) is 6. The second-order valence-corrected chi connectivity index (χ2v) is 10.5. The maximum absolute atomic E-state index is 14.3. The fourth-order valence-corrected chi connectivity index (χ4v) is 5.14. The summed E-state index contributed by atoms with van der Waals surface area (Å²) in [4.78, 5) is 15.2. The number of carbonyl (C=O) groups is 1. The van der Waals surface area contributed by atoms with Crippen molar-refractivity contribution in [2.75, 3.05) is 23.9 Å². The number of benzene rings is 1. The van der Waals surface area contributed by atoms with E-state index in [0.29, 0.717) is 29.1 Å². The molecule has 1 aromatic carbocycles. The number of halogens is 1. The van der Waals surface area contributed by atoms with Gasteiger partial charge in [0.25, 0.3) is 0 Å². The molecule has 1 saturated carbocycles. The average Bonchev–Trinajstić information content (AvgIpc) is 3.58. The van der Waals surface area contributed by atoms with E-state index in [1.165, 1.54) is 12.3 Å². The zero-order valence-electron chi connectivity index (χ0n) is 19.0. The molecule has 1 aromatic heterocycles. The lowest BCUT2D eigenvalue weighted by molar-refractivity contribution is 0.112. The topological polar surface area (TPSA) is 94.9 Å². The van der Waals surface area contributed by atoms with E-state index >= 15 is 0 Å². The van der Waals surface area contributed by atoms with Gasteiger partial charge in [-0.15, -0.1) is 0 Å². The van der Waals surface area contributed by atoms with E-state index in [-0.39, 0.29) is 22.9 Å². The van der Waals surface area contributed by atoms with Gasteiger partial charge >= 0.3 is 0 Å². The molecular formula is C24H31FN4O2S. The smallest absolute Gasteiger partial charge is 0.151 e. The molecule has 1 aliphatic carbocycles. The average molecular weight is 459 g/mol. The van der Waals surface area contributed by atoms with Gasteiger partial charge in [0.1, 0.15) is 11.5 Å². The van der Waals surface area contributed by atoms with Gasteiger partial charge in [-0.05, 0) is 70.3 Å². The van der Waals surface area contributed by atoms with E-state index < -0.39 is 16.6 Å². The number of nitrogens with one attached hydrogen (secondary N) is 3. The minimum Gasteiger partial charge on any atom is -0.381 e. The van der Waals surface area contributed by atoms with Gasteiger partial charge in [0.05, 0.1) is 11.4 Å². The third-order valence-electron chi connectivity index (χ3n) is 5.60. The number of carbonyl (C=O) groups excluding carboxylic acids is 1. The normalized spacial score (nSPS) is 21.9. The first-order valence-corrected chi connectivity index (χ1v) is 12.3. The van der Waals surface area contributed by atoms with Gasteiger partial charge in [-0.1, -0.05) is 6.07 Å². The number of rotatable bonds is 7. The molecule has 8 heteroatoms. The van der Waals surface area contributed by atoms with Crippen molar-refractivity contribution in [1.29, 1.82) is 5.41 Å². The van der Waals surface area contributed by atoms with Gasteiger partial charge in [-0.2, -0.15) is 0 Å². The predicted molar refractivity (Wildman–Crippen MR) is 128 cm³/mol. The molecule has 0 atom stereocenters. The zero-order valence-corrected chi connectivity index (χ0v) is 19.8. The molecule has 0 spiro atoms. The third-order valence-corrected chi connectivity index (χ3v) is 7.52. The summed E-state index contributed by atoms with van der Waals surface area (Å²) in [6.45, 7) is 6.00. The first-order chi connectivity index (χ1) is 15.2. The highest BCUT2D eigenvalue weighted by Gasteiger charge is 2.36. The number of pyridine rings is 1. The number of aromatic nitrogens is 1. The summed E-state index contributed by atoms with van der Waals surface area (Å²) in [6.07, 6.45) is 4.35. The Bertz CT molecular complexity index is 1030. The summed E-state index contributed by atoms with van der Waals surface area (Å²) >= 11 is 0. The Morgan fingerprint density at radius 1 is 1.31 bits per heavy atom. The van der Waals surface area contributed by atoms with Crippen LogP contribution in [-0.2, 0) is 10.8 Å². The largest absolute Gasteiger partial charge is 0.381 e. The quantitative estimate of drug-likeness (QED) is 0.432. The van der Waals surface area contributed by atoms with Gasteiger partial charge in [0.2, 0.25) is 0 Å². The standard InChI is InChI=1S/C19H20FN3O.C5H11NOS/c1-11(2)23-17-7-12(10-24)9-22-19(17)18(21)15-8-14(13-3-4-13)5-6-16(15)20;1-5(6-2)3-8(7)4-5/h5-11,13,21,23H,3-4H2,1-2H3;6H,3-4H2,1-2H3. The van der Waals surface area contributed by atoms with E-state index in [9.17, 15) is 13.4 Å². The minimum absolute atomic E-state index is 0.0237. The number of aldehydes is 1. The second-order valence-electron chi connectivity index (χ2n) is 9.01. The van der Waals surface area contributed by atoms with Crippen LogP contribution in [0.4, 0.5) is 10.1 Å². The van der Waals surface area contributed by atoms with Gasteiger partial charge in [0.15, 0.2) is 6.29 Å². The summed E-state index contributed by atoms with van der Waals surface area (Å²) in [5.74, 6) is 1.70. The highest BCUT2D eigenvalue weighted by Crippen LogP contribution is 2.40. The Labute approximate surface area is 191 Å². The molecule has 6 nitrogen and oxygen atoms in total. The number of hydrogen-bond donors (Lipinski definition) is 3. The molecule has 2 aliphatic rings. The zero-order chi connectivity index (χ0) is 23.5. The molecule has 3 N–H and O–H groups in total. The maximum Gasteiger partial charge on any atom is 0.151 e. The van der Waals surface area contributed by atoms with Crippen LogP contribution < -0.4 is 10.6 Å². The summed E-state index contributed by atoms with van der Waals surface area (Å²) in [7, 11) is 1.39. The molecule has 2 aromatic rings. The number of anilines is 1. The van der Waals surface area contributed by atoms with Gasteiger partial charge in [0, 0.05) is 51.2 Å². The van der Waals surface area contributed by atoms with Crippen LogP contribution in [0.25, 0.3) is 0 Å². The van der Waals surface area contributed by atoms with Crippen LogP contribution in [0.15, 0.2) is 30.5 Å². The van der Waals surface area contributed by atoms with Crippen molar-refractivity contribution in [2.45, 2.75) is 51.1 Å². The van der Waals surface area contributed by atoms with Crippen molar-refractivity contribution in [1.82, 2.24) is 10.3 Å². The lowest BCUT2D eigenvalue weighted by Crippen LogP contribution is -2.58. The van der Waals surface area contributed by atoms with Crippen LogP contribution in [0, 0.1) is 11.2 Å². The molecule has 0 radical (unpaired) electrons. The van der Waals surface area contributed by atoms with Crippen LogP contribution in [0.3, 0.4) is 0 Å². The van der Waals surface area contributed by atoms with Crippen LogP contribution in [0.5, 0.6) is 0 Å². The monoisotopic (exact) mass is 458 g/mol. The van der Waals surface area contributed by atoms with E-state index in [1.54, 1.807) is 18.2 Å². The Balaban J connectivity index is 0.000000305. The SMILES string of the molecule is CC(C)Nc1cc(C=O)cnc1C(=N)c1cc(C2CC2)ccc1F.CNC1(C)CS(=O)C1. The van der Waals surface area contributed by atoms with Crippen LogP contribution in [0.2, 0.25) is 0 Å². The lowest BCUT2D eigenvalue weighted by atomic mass is 10.00. The minimum atomic E-state index is -0.524. The fraction of sp³-hybridized carbons (Fsp3) is 0.458. The van der Waals surface area contributed by atoms with E-state index in [2.05, 4.69) is 22.5 Å². The summed E-state index contributed by atoms with van der Waals surface area (Å²) in [6, 6.07) is 6.71. The Kier molecular flexibility index (Phi) is 7.56. The van der Waals surface area contributed by atoms with Crippen LogP contribution in [0.1, 0.15) is 66.7 Å². The predicted octanol–water partition coefficient (Wildman–Crippen LogP) is 3.87. The van der Waals surface area contributed by atoms with Gasteiger partial charge in [-0.25, -0.2) is 4.39 Å².